The number of allylic oxidation sites excluding steroid dienone is 4. The van der Waals surface area contributed by atoms with Gasteiger partial charge in [0, 0.05) is 39.0 Å². The van der Waals surface area contributed by atoms with Crippen LogP contribution in [0, 0.1) is 19.8 Å². The van der Waals surface area contributed by atoms with Crippen molar-refractivity contribution >= 4 is 17.1 Å². The van der Waals surface area contributed by atoms with Crippen LogP contribution in [0.3, 0.4) is 0 Å². The Hall–Kier alpha value is -4.40. The van der Waals surface area contributed by atoms with Crippen molar-refractivity contribution in [2.45, 2.75) is 89.4 Å². The van der Waals surface area contributed by atoms with Crippen molar-refractivity contribution in [2.24, 2.45) is 5.92 Å². The summed E-state index contributed by atoms with van der Waals surface area (Å²) < 4.78 is 6.16. The number of hydrogen-bond donors (Lipinski definition) is 0. The van der Waals surface area contributed by atoms with Crippen LogP contribution >= 0.6 is 11.3 Å². The van der Waals surface area contributed by atoms with E-state index in [0.29, 0.717) is 11.8 Å². The molecule has 5 aromatic rings. The molecule has 10 rings (SSSR count). The lowest BCUT2D eigenvalue weighted by atomic mass is 9.64. The van der Waals surface area contributed by atoms with Crippen molar-refractivity contribution in [3.8, 4) is 32.7 Å². The van der Waals surface area contributed by atoms with Crippen LogP contribution in [0.25, 0.3) is 38.5 Å². The molecular weight excluding hydrogens is 649 g/mol. The highest BCUT2D eigenvalue weighted by molar-refractivity contribution is 7.15. The number of hydrogen-bond acceptors (Lipinski definition) is 2. The Kier molecular flexibility index (Phi) is 7.49. The molecule has 5 aliphatic rings. The minimum atomic E-state index is -0.268. The zero-order valence-corrected chi connectivity index (χ0v) is 31.8. The number of unbranched alkanes of at least 4 members (excludes halogenated alkanes) is 2. The summed E-state index contributed by atoms with van der Waals surface area (Å²) in [5.74, 6) is 1.73. The predicted molar refractivity (Wildman–Crippen MR) is 219 cm³/mol. The lowest BCUT2D eigenvalue weighted by molar-refractivity contribution is 0.307. The molecule has 0 saturated carbocycles. The van der Waals surface area contributed by atoms with Gasteiger partial charge in [-0.2, -0.15) is 0 Å². The lowest BCUT2D eigenvalue weighted by Crippen LogP contribution is -2.33. The van der Waals surface area contributed by atoms with Gasteiger partial charge in [-0.3, -0.25) is 0 Å². The van der Waals surface area contributed by atoms with Gasteiger partial charge in [0.2, 0.25) is 0 Å². The highest BCUT2D eigenvalue weighted by Gasteiger charge is 2.58. The van der Waals surface area contributed by atoms with E-state index in [0.717, 1.165) is 18.8 Å². The molecule has 4 aliphatic carbocycles. The number of ether oxygens (including phenoxy) is 1. The first-order valence-electron chi connectivity index (χ1n) is 19.8. The summed E-state index contributed by atoms with van der Waals surface area (Å²) in [6.45, 7) is 10.1. The Labute approximate surface area is 313 Å². The second-order valence-electron chi connectivity index (χ2n) is 16.0. The number of thiophene rings is 1. The minimum Gasteiger partial charge on any atom is -0.493 e. The summed E-state index contributed by atoms with van der Waals surface area (Å²) in [6.07, 6.45) is 20.1. The van der Waals surface area contributed by atoms with E-state index in [1.165, 1.54) is 115 Å². The summed E-state index contributed by atoms with van der Waals surface area (Å²) in [7, 11) is 0. The molecule has 0 amide bonds. The van der Waals surface area contributed by atoms with E-state index in [2.05, 4.69) is 137 Å². The maximum absolute atomic E-state index is 6.16. The van der Waals surface area contributed by atoms with Crippen molar-refractivity contribution in [3.63, 3.8) is 0 Å². The Morgan fingerprint density at radius 2 is 1.48 bits per heavy atom. The molecule has 0 N–H and O–H groups in total. The fourth-order valence-electron chi connectivity index (χ4n) is 11.1. The van der Waals surface area contributed by atoms with Gasteiger partial charge in [-0.1, -0.05) is 100 Å². The smallest absolute Gasteiger partial charge is 0.122 e. The highest BCUT2D eigenvalue weighted by atomic mass is 32.1. The number of benzene rings is 4. The molecule has 0 saturated heterocycles. The zero-order chi connectivity index (χ0) is 35.2. The van der Waals surface area contributed by atoms with Gasteiger partial charge < -0.3 is 4.74 Å². The van der Waals surface area contributed by atoms with Gasteiger partial charge in [0.15, 0.2) is 0 Å². The second kappa shape index (κ2) is 12.1. The molecule has 3 atom stereocenters. The van der Waals surface area contributed by atoms with Crippen molar-refractivity contribution < 1.29 is 4.74 Å². The number of fused-ring (bicyclic) bond motifs is 13. The molecule has 2 heteroatoms. The molecule has 1 aromatic heterocycles. The first-order valence-corrected chi connectivity index (χ1v) is 20.6. The largest absolute Gasteiger partial charge is 0.493 e. The maximum Gasteiger partial charge on any atom is 0.122 e. The van der Waals surface area contributed by atoms with Crippen LogP contribution < -0.4 is 0 Å². The predicted octanol–water partition coefficient (Wildman–Crippen LogP) is 13.6. The van der Waals surface area contributed by atoms with E-state index in [1.807, 2.05) is 11.3 Å². The fraction of sp³-hybridized carbons (Fsp3) is 0.320. The van der Waals surface area contributed by atoms with Gasteiger partial charge in [-0.25, -0.2) is 0 Å². The van der Waals surface area contributed by atoms with Gasteiger partial charge in [0.25, 0.3) is 0 Å². The fourth-order valence-corrected chi connectivity index (χ4v) is 11.9. The average molecular weight is 697 g/mol. The van der Waals surface area contributed by atoms with Gasteiger partial charge in [0.1, 0.15) is 5.76 Å². The molecule has 0 fully saturated rings. The van der Waals surface area contributed by atoms with E-state index in [-0.39, 0.29) is 10.8 Å². The molecule has 260 valence electrons. The van der Waals surface area contributed by atoms with Crippen LogP contribution in [0.2, 0.25) is 0 Å². The van der Waals surface area contributed by atoms with E-state index in [1.54, 1.807) is 5.56 Å². The molecule has 1 nitrogen and oxygen atoms in total. The number of aryl methyl sites for hydroxylation is 2. The summed E-state index contributed by atoms with van der Waals surface area (Å²) in [5, 5.41) is 0. The first kappa shape index (κ1) is 32.3. The molecule has 2 heterocycles. The van der Waals surface area contributed by atoms with Gasteiger partial charge >= 0.3 is 0 Å². The SMILES string of the molecule is CCCCC1(CCCC)c2cc(C3=CCCO3)ccc2-c2cc3c(cc21)-c1c(C)cc(-c2ccc(C)s2)cc1C31c2ccccc2C2C=CC=CC21. The van der Waals surface area contributed by atoms with Crippen LogP contribution in [0.15, 0.2) is 109 Å². The van der Waals surface area contributed by atoms with E-state index in [4.69, 9.17) is 4.74 Å². The third kappa shape index (κ3) is 4.34. The Bertz CT molecular complexity index is 2350. The standard InChI is InChI=1S/C50H48OS/c1-5-7-23-49(24-8-6-2)42-27-33(46-18-13-25-51-46)20-21-37(42)38-29-44-39(30-43(38)49)48-31(3)26-34(47-22-19-32(4)52-47)28-45(48)50(44)40-16-11-9-14-35(40)36-15-10-12-17-41(36)50/h9-12,14-22,26-30,35,40H,5-8,13,23-25H2,1-4H3. The van der Waals surface area contributed by atoms with Crippen molar-refractivity contribution in [1.82, 2.24) is 0 Å². The van der Waals surface area contributed by atoms with Crippen LogP contribution in [0.1, 0.15) is 114 Å². The molecular formula is C50H48OS. The Morgan fingerprint density at radius 3 is 2.25 bits per heavy atom. The van der Waals surface area contributed by atoms with E-state index in [9.17, 15) is 0 Å². The van der Waals surface area contributed by atoms with Gasteiger partial charge in [-0.15, -0.1) is 11.3 Å². The van der Waals surface area contributed by atoms with Gasteiger partial charge in [0.05, 0.1) is 12.0 Å². The quantitative estimate of drug-likeness (QED) is 0.157. The van der Waals surface area contributed by atoms with Crippen LogP contribution in [-0.2, 0) is 15.6 Å². The van der Waals surface area contributed by atoms with Crippen LogP contribution in [0.5, 0.6) is 0 Å². The van der Waals surface area contributed by atoms with Crippen molar-refractivity contribution in [3.05, 3.63) is 159 Å². The Balaban J connectivity index is 1.29. The first-order chi connectivity index (χ1) is 25.5. The second-order valence-corrected chi connectivity index (χ2v) is 17.3. The van der Waals surface area contributed by atoms with E-state index >= 15 is 0 Å². The maximum atomic E-state index is 6.16. The molecule has 1 aliphatic heterocycles. The van der Waals surface area contributed by atoms with Crippen LogP contribution in [0.4, 0.5) is 0 Å². The highest BCUT2D eigenvalue weighted by Crippen LogP contribution is 2.68. The summed E-state index contributed by atoms with van der Waals surface area (Å²) in [4.78, 5) is 2.73. The monoisotopic (exact) mass is 696 g/mol. The topological polar surface area (TPSA) is 9.23 Å². The molecule has 0 radical (unpaired) electrons. The number of rotatable bonds is 8. The van der Waals surface area contributed by atoms with E-state index < -0.39 is 0 Å². The summed E-state index contributed by atoms with van der Waals surface area (Å²) in [6, 6.07) is 31.8. The van der Waals surface area contributed by atoms with Crippen molar-refractivity contribution in [2.75, 3.05) is 6.61 Å². The average Bonchev–Trinajstić information content (AvgIpc) is 4.00. The molecule has 1 spiro atoms. The summed E-state index contributed by atoms with van der Waals surface area (Å²) >= 11 is 1.92. The van der Waals surface area contributed by atoms with Crippen LogP contribution in [-0.4, -0.2) is 6.61 Å². The Morgan fingerprint density at radius 1 is 0.712 bits per heavy atom. The third-order valence-corrected chi connectivity index (χ3v) is 14.3. The molecule has 3 unspecified atom stereocenters. The minimum absolute atomic E-state index is 0.0112. The van der Waals surface area contributed by atoms with Crippen molar-refractivity contribution in [1.29, 1.82) is 0 Å². The molecule has 4 aromatic carbocycles. The third-order valence-electron chi connectivity index (χ3n) is 13.3. The lowest BCUT2D eigenvalue weighted by Gasteiger charge is -2.37. The normalized spacial score (nSPS) is 22.1. The zero-order valence-electron chi connectivity index (χ0n) is 31.0. The molecule has 0 bridgehead atoms. The summed E-state index contributed by atoms with van der Waals surface area (Å²) in [5.41, 5.74) is 18.6. The molecule has 52 heavy (non-hydrogen) atoms. The van der Waals surface area contributed by atoms with Gasteiger partial charge in [-0.05, 0) is 142 Å².